The summed E-state index contributed by atoms with van der Waals surface area (Å²) in [6.45, 7) is 2.17. The van der Waals surface area contributed by atoms with Crippen molar-refractivity contribution in [3.05, 3.63) is 34.7 Å². The average molecular weight is 177 g/mol. The summed E-state index contributed by atoms with van der Waals surface area (Å²) in [6, 6.07) is 8.89. The number of rotatable bonds is 1. The van der Waals surface area contributed by atoms with Gasteiger partial charge >= 0.3 is 0 Å². The normalized spacial score (nSPS) is 10.8. The van der Waals surface area contributed by atoms with E-state index in [0.29, 0.717) is 0 Å². The molecule has 0 spiro atoms. The van der Waals surface area contributed by atoms with E-state index in [0.717, 1.165) is 10.9 Å². The van der Waals surface area contributed by atoms with Gasteiger partial charge in [0.15, 0.2) is 0 Å². The quantitative estimate of drug-likeness (QED) is 0.709. The van der Waals surface area contributed by atoms with Crippen molar-refractivity contribution in [1.29, 1.82) is 0 Å². The van der Waals surface area contributed by atoms with E-state index in [2.05, 4.69) is 6.07 Å². The van der Waals surface area contributed by atoms with Crippen molar-refractivity contribution in [1.82, 2.24) is 0 Å². The highest BCUT2D eigenvalue weighted by Crippen LogP contribution is 2.29. The first kappa shape index (κ1) is 7.77. The Kier molecular flexibility index (Phi) is 1.87. The van der Waals surface area contributed by atoms with Gasteiger partial charge in [-0.15, -0.1) is 11.3 Å². The monoisotopic (exact) mass is 177 g/mol. The Bertz CT molecular complexity index is 403. The molecule has 12 heavy (non-hydrogen) atoms. The van der Waals surface area contributed by atoms with Gasteiger partial charge in [0.25, 0.3) is 0 Å². The predicted molar refractivity (Wildman–Crippen MR) is 51.3 cm³/mol. The van der Waals surface area contributed by atoms with Gasteiger partial charge in [0.05, 0.1) is 6.61 Å². The number of thiophene rings is 1. The maximum absolute atomic E-state index is 9.10. The summed E-state index contributed by atoms with van der Waals surface area (Å²) in [5, 5.41) is 10.2. The van der Waals surface area contributed by atoms with Gasteiger partial charge in [-0.05, 0) is 36.1 Å². The molecule has 0 saturated carbocycles. The molecule has 1 heterocycles. The Balaban J connectivity index is 2.81. The van der Waals surface area contributed by atoms with E-state index in [1.165, 1.54) is 9.58 Å². The van der Waals surface area contributed by atoms with Crippen LogP contribution in [0.4, 0.5) is 0 Å². The SMILES string of the molecule is Cc1sc2cc[c]cc2c1CO. The van der Waals surface area contributed by atoms with Gasteiger partial charge < -0.3 is 5.11 Å². The fourth-order valence-corrected chi connectivity index (χ4v) is 2.41. The molecule has 0 aliphatic rings. The molecule has 2 heteroatoms. The lowest BCUT2D eigenvalue weighted by Gasteiger charge is -1.93. The Labute approximate surface area is 75.3 Å². The highest BCUT2D eigenvalue weighted by molar-refractivity contribution is 7.19. The Morgan fingerprint density at radius 1 is 1.58 bits per heavy atom. The largest absolute Gasteiger partial charge is 0.392 e. The van der Waals surface area contributed by atoms with Crippen LogP contribution in [0.15, 0.2) is 18.2 Å². The summed E-state index contributed by atoms with van der Waals surface area (Å²) in [5.41, 5.74) is 1.05. The average Bonchev–Trinajstić information content (AvgIpc) is 2.40. The number of hydrogen-bond donors (Lipinski definition) is 1. The zero-order valence-electron chi connectivity index (χ0n) is 6.79. The van der Waals surface area contributed by atoms with Gasteiger partial charge in [-0.3, -0.25) is 0 Å². The van der Waals surface area contributed by atoms with Crippen LogP contribution in [0.2, 0.25) is 0 Å². The summed E-state index contributed by atoms with van der Waals surface area (Å²) < 4.78 is 1.23. The van der Waals surface area contributed by atoms with E-state index < -0.39 is 0 Å². The fraction of sp³-hybridized carbons (Fsp3) is 0.200. The summed E-state index contributed by atoms with van der Waals surface area (Å²) in [5.74, 6) is 0. The van der Waals surface area contributed by atoms with Gasteiger partial charge in [0.2, 0.25) is 0 Å². The third-order valence-electron chi connectivity index (χ3n) is 2.00. The summed E-state index contributed by atoms with van der Waals surface area (Å²) in [4.78, 5) is 1.20. The van der Waals surface area contributed by atoms with Crippen molar-refractivity contribution < 1.29 is 5.11 Å². The molecular weight excluding hydrogens is 168 g/mol. The van der Waals surface area contributed by atoms with Gasteiger partial charge in [-0.25, -0.2) is 0 Å². The number of aryl methyl sites for hydroxylation is 1. The molecular formula is C10H9OS. The van der Waals surface area contributed by atoms with E-state index in [1.807, 2.05) is 25.1 Å². The minimum absolute atomic E-state index is 0.129. The second-order valence-corrected chi connectivity index (χ2v) is 3.97. The van der Waals surface area contributed by atoms with E-state index in [1.54, 1.807) is 11.3 Å². The van der Waals surface area contributed by atoms with Crippen LogP contribution in [0.1, 0.15) is 10.4 Å². The second kappa shape index (κ2) is 2.88. The van der Waals surface area contributed by atoms with Crippen molar-refractivity contribution in [2.75, 3.05) is 0 Å². The smallest absolute Gasteiger partial charge is 0.0698 e. The van der Waals surface area contributed by atoms with Gasteiger partial charge in [-0.2, -0.15) is 0 Å². The lowest BCUT2D eigenvalue weighted by atomic mass is 10.1. The molecule has 61 valence electrons. The molecule has 0 saturated heterocycles. The summed E-state index contributed by atoms with van der Waals surface area (Å²) >= 11 is 1.72. The van der Waals surface area contributed by atoms with E-state index in [9.17, 15) is 0 Å². The molecule has 0 aliphatic heterocycles. The van der Waals surface area contributed by atoms with Gasteiger partial charge in [0, 0.05) is 9.58 Å². The van der Waals surface area contributed by atoms with Crippen LogP contribution >= 0.6 is 11.3 Å². The number of hydrogen-bond acceptors (Lipinski definition) is 2. The predicted octanol–water partition coefficient (Wildman–Crippen LogP) is 2.50. The Hall–Kier alpha value is -0.860. The second-order valence-electron chi connectivity index (χ2n) is 2.72. The van der Waals surface area contributed by atoms with Crippen LogP contribution in [0.3, 0.4) is 0 Å². The third-order valence-corrected chi connectivity index (χ3v) is 3.12. The van der Waals surface area contributed by atoms with E-state index in [4.69, 9.17) is 5.11 Å². The van der Waals surface area contributed by atoms with Crippen molar-refractivity contribution in [3.8, 4) is 0 Å². The standard InChI is InChI=1S/C10H9OS/c1-7-9(6-11)8-4-2-3-5-10(8)12-7/h3-5,11H,6H2,1H3. The number of aliphatic hydroxyl groups is 1. The first-order chi connectivity index (χ1) is 5.83. The maximum Gasteiger partial charge on any atom is 0.0698 e. The lowest BCUT2D eigenvalue weighted by Crippen LogP contribution is -1.81. The molecule has 1 radical (unpaired) electrons. The highest BCUT2D eigenvalue weighted by atomic mass is 32.1. The third kappa shape index (κ3) is 1.04. The molecule has 2 rings (SSSR count). The molecule has 0 aliphatic carbocycles. The minimum Gasteiger partial charge on any atom is -0.392 e. The lowest BCUT2D eigenvalue weighted by molar-refractivity contribution is 0.283. The Morgan fingerprint density at radius 2 is 2.42 bits per heavy atom. The minimum atomic E-state index is 0.129. The molecule has 0 fully saturated rings. The van der Waals surface area contributed by atoms with Crippen LogP contribution in [-0.4, -0.2) is 5.11 Å². The highest BCUT2D eigenvalue weighted by Gasteiger charge is 2.05. The molecule has 0 unspecified atom stereocenters. The fourth-order valence-electron chi connectivity index (χ4n) is 1.35. The zero-order valence-corrected chi connectivity index (χ0v) is 7.61. The number of fused-ring (bicyclic) bond motifs is 1. The molecule has 1 aromatic carbocycles. The van der Waals surface area contributed by atoms with Crippen molar-refractivity contribution in [3.63, 3.8) is 0 Å². The zero-order chi connectivity index (χ0) is 8.55. The first-order valence-corrected chi connectivity index (χ1v) is 4.63. The van der Waals surface area contributed by atoms with E-state index in [-0.39, 0.29) is 6.61 Å². The molecule has 1 nitrogen and oxygen atoms in total. The maximum atomic E-state index is 9.10. The molecule has 0 bridgehead atoms. The van der Waals surface area contributed by atoms with Crippen molar-refractivity contribution in [2.45, 2.75) is 13.5 Å². The van der Waals surface area contributed by atoms with Crippen LogP contribution in [-0.2, 0) is 6.61 Å². The molecule has 2 aromatic rings. The molecule has 1 N–H and O–H groups in total. The van der Waals surface area contributed by atoms with Crippen LogP contribution in [0.5, 0.6) is 0 Å². The summed E-state index contributed by atoms with van der Waals surface area (Å²) in [7, 11) is 0. The van der Waals surface area contributed by atoms with Crippen LogP contribution < -0.4 is 0 Å². The van der Waals surface area contributed by atoms with Crippen molar-refractivity contribution >= 4 is 21.4 Å². The summed E-state index contributed by atoms with van der Waals surface area (Å²) in [6.07, 6.45) is 0. The molecule has 0 atom stereocenters. The van der Waals surface area contributed by atoms with Gasteiger partial charge in [0.1, 0.15) is 0 Å². The topological polar surface area (TPSA) is 20.2 Å². The number of aliphatic hydroxyl groups excluding tert-OH is 1. The Morgan fingerprint density at radius 3 is 3.17 bits per heavy atom. The number of benzene rings is 1. The van der Waals surface area contributed by atoms with Gasteiger partial charge in [-0.1, -0.05) is 6.07 Å². The van der Waals surface area contributed by atoms with E-state index >= 15 is 0 Å². The first-order valence-electron chi connectivity index (χ1n) is 3.82. The molecule has 1 aromatic heterocycles. The van der Waals surface area contributed by atoms with Crippen LogP contribution in [0, 0.1) is 13.0 Å². The molecule has 0 amide bonds. The van der Waals surface area contributed by atoms with Crippen molar-refractivity contribution in [2.24, 2.45) is 0 Å². The van der Waals surface area contributed by atoms with Crippen LogP contribution in [0.25, 0.3) is 10.1 Å².